The molecule has 21 heteroatoms. The molecule has 1 unspecified atom stereocenters. The van der Waals surface area contributed by atoms with E-state index >= 15 is 8.78 Å². The molecule has 4 fully saturated rings. The lowest BCUT2D eigenvalue weighted by molar-refractivity contribution is -0.136. The van der Waals surface area contributed by atoms with Crippen LogP contribution in [0.25, 0.3) is 22.2 Å². The Balaban J connectivity index is 0.743. The van der Waals surface area contributed by atoms with Gasteiger partial charge in [0, 0.05) is 112 Å². The Kier molecular flexibility index (Phi) is 12.1. The van der Waals surface area contributed by atoms with Gasteiger partial charge in [-0.1, -0.05) is 12.1 Å². The maximum Gasteiger partial charge on any atom is 0.301 e. The number of piperazine rings is 1. The van der Waals surface area contributed by atoms with Gasteiger partial charge in [-0.15, -0.1) is 0 Å². The molecule has 10 rings (SSSR count). The standard InChI is InChI=1S/C48H48F3N9O8S/c1-68-39-22-32(21-34-41(39)48(65)60(47(34)64)38-8-9-40(61)54-46(38)63)57-13-10-27(11-14-57)25-56-16-18-58(19-17-56)31-4-2-28(3-5-31)29-20-33-35(24-53-45(33)52-23-29)44(62)42-36(50)6-7-37(43(42)51)55-69(66,67)59-15-12-30(49)26-59/h2-7,20-24,27,30,38,55H,8-19,25-26H2,1H3,(H,52,53)(H,54,61,63)/t30-,38?/m1/s1. The van der Waals surface area contributed by atoms with E-state index in [4.69, 9.17) is 4.74 Å². The first-order chi connectivity index (χ1) is 33.2. The summed E-state index contributed by atoms with van der Waals surface area (Å²) < 4.78 is 78.8. The molecule has 3 aromatic carbocycles. The summed E-state index contributed by atoms with van der Waals surface area (Å²) in [5, 5.41) is 2.54. The van der Waals surface area contributed by atoms with E-state index in [0.29, 0.717) is 22.5 Å². The number of nitrogens with one attached hydrogen (secondary N) is 3. The van der Waals surface area contributed by atoms with Crippen LogP contribution in [0.15, 0.2) is 67.0 Å². The Labute approximate surface area is 394 Å². The number of aromatic nitrogens is 2. The number of alkyl halides is 1. The molecule has 17 nitrogen and oxygen atoms in total. The summed E-state index contributed by atoms with van der Waals surface area (Å²) in [5.74, 6) is -5.13. The van der Waals surface area contributed by atoms with Crippen LogP contribution in [0, 0.1) is 17.6 Å². The lowest BCUT2D eigenvalue weighted by Crippen LogP contribution is -2.54. The molecule has 0 aliphatic carbocycles. The number of halogens is 3. The molecule has 3 N–H and O–H groups in total. The number of carbonyl (C=O) groups is 5. The third-order valence-corrected chi connectivity index (χ3v) is 15.4. The number of ether oxygens (including phenoxy) is 1. The van der Waals surface area contributed by atoms with Crippen molar-refractivity contribution >= 4 is 67.7 Å². The maximum absolute atomic E-state index is 15.8. The first-order valence-electron chi connectivity index (χ1n) is 22.9. The number of anilines is 3. The number of aromatic amines is 1. The van der Waals surface area contributed by atoms with E-state index in [1.807, 2.05) is 29.0 Å². The Bertz CT molecular complexity index is 3030. The van der Waals surface area contributed by atoms with Gasteiger partial charge in [-0.05, 0) is 73.6 Å². The van der Waals surface area contributed by atoms with Gasteiger partial charge in [0.15, 0.2) is 5.82 Å². The van der Waals surface area contributed by atoms with E-state index in [9.17, 15) is 36.8 Å². The number of pyridine rings is 1. The molecular weight excluding hydrogens is 920 g/mol. The molecule has 0 radical (unpaired) electrons. The van der Waals surface area contributed by atoms with Crippen molar-refractivity contribution in [3.63, 3.8) is 0 Å². The monoisotopic (exact) mass is 967 g/mol. The number of ketones is 1. The highest BCUT2D eigenvalue weighted by molar-refractivity contribution is 7.90. The van der Waals surface area contributed by atoms with Crippen molar-refractivity contribution in [2.24, 2.45) is 5.92 Å². The zero-order valence-corrected chi connectivity index (χ0v) is 38.3. The van der Waals surface area contributed by atoms with Crippen LogP contribution in [0.1, 0.15) is 68.7 Å². The number of imide groups is 2. The van der Waals surface area contributed by atoms with Gasteiger partial charge >= 0.3 is 10.2 Å². The topological polar surface area (TPSA) is 198 Å². The van der Waals surface area contributed by atoms with Crippen LogP contribution in [0.2, 0.25) is 0 Å². The van der Waals surface area contributed by atoms with Crippen LogP contribution in [0.5, 0.6) is 5.75 Å². The number of H-pyrrole nitrogens is 1. The molecule has 7 heterocycles. The minimum atomic E-state index is -4.37. The predicted molar refractivity (Wildman–Crippen MR) is 248 cm³/mol. The SMILES string of the molecule is COc1cc(N2CCC(CN3CCN(c4ccc(-c5cnc6[nH]cc(C(=O)c7c(F)ccc(NS(=O)(=O)N8CC[C@@H](F)C8)c7F)c6c5)cc4)CC3)CC2)cc2c1C(=O)N(C1CCC(=O)NC1=O)C2=O. The van der Waals surface area contributed by atoms with Crippen molar-refractivity contribution in [1.29, 1.82) is 0 Å². The van der Waals surface area contributed by atoms with Crippen molar-refractivity contribution in [3.8, 4) is 16.9 Å². The zero-order valence-electron chi connectivity index (χ0n) is 37.5. The number of amides is 4. The third-order valence-electron chi connectivity index (χ3n) is 13.9. The molecule has 2 aromatic heterocycles. The molecular formula is C48H48F3N9O8S. The number of fused-ring (bicyclic) bond motifs is 2. The predicted octanol–water partition coefficient (Wildman–Crippen LogP) is 4.89. The Morgan fingerprint density at radius 3 is 2.29 bits per heavy atom. The average molecular weight is 968 g/mol. The van der Waals surface area contributed by atoms with Crippen LogP contribution in [-0.4, -0.2) is 140 Å². The summed E-state index contributed by atoms with van der Waals surface area (Å²) in [6.45, 7) is 5.36. The molecule has 69 heavy (non-hydrogen) atoms. The lowest BCUT2D eigenvalue weighted by Gasteiger charge is -2.40. The number of carbonyl (C=O) groups excluding carboxylic acids is 5. The van der Waals surface area contributed by atoms with Crippen molar-refractivity contribution in [2.45, 2.75) is 44.3 Å². The van der Waals surface area contributed by atoms with E-state index in [0.717, 1.165) is 96.9 Å². The molecule has 0 spiro atoms. The van der Waals surface area contributed by atoms with Gasteiger partial charge in [0.2, 0.25) is 17.6 Å². The smallest absolute Gasteiger partial charge is 0.301 e. The Hall–Kier alpha value is -6.84. The number of hydrogen-bond donors (Lipinski definition) is 3. The van der Waals surface area contributed by atoms with Crippen LogP contribution in [-0.2, 0) is 19.8 Å². The largest absolute Gasteiger partial charge is 0.496 e. The fraction of sp³-hybridized carbons (Fsp3) is 0.375. The van der Waals surface area contributed by atoms with Gasteiger partial charge in [-0.2, -0.15) is 12.7 Å². The van der Waals surface area contributed by atoms with E-state index < -0.39 is 81.3 Å². The highest BCUT2D eigenvalue weighted by atomic mass is 32.2. The van der Waals surface area contributed by atoms with Crippen LogP contribution < -0.4 is 24.6 Å². The fourth-order valence-corrected chi connectivity index (χ4v) is 11.4. The summed E-state index contributed by atoms with van der Waals surface area (Å²) in [6.07, 6.45) is 3.55. The molecule has 4 saturated heterocycles. The number of rotatable bonds is 12. The number of hydrogen-bond acceptors (Lipinski definition) is 12. The quantitative estimate of drug-likeness (QED) is 0.113. The second kappa shape index (κ2) is 18.2. The number of nitrogens with zero attached hydrogens (tertiary/aromatic N) is 6. The van der Waals surface area contributed by atoms with Gasteiger partial charge in [0.1, 0.15) is 29.4 Å². The van der Waals surface area contributed by atoms with E-state index in [1.54, 1.807) is 24.4 Å². The molecule has 0 bridgehead atoms. The molecule has 4 amide bonds. The van der Waals surface area contributed by atoms with Gasteiger partial charge in [-0.3, -0.25) is 43.8 Å². The minimum Gasteiger partial charge on any atom is -0.496 e. The van der Waals surface area contributed by atoms with Gasteiger partial charge < -0.3 is 19.5 Å². The molecule has 5 aliphatic rings. The summed E-state index contributed by atoms with van der Waals surface area (Å²) in [4.78, 5) is 80.4. The first-order valence-corrected chi connectivity index (χ1v) is 24.3. The summed E-state index contributed by atoms with van der Waals surface area (Å²) in [7, 11) is -2.92. The van der Waals surface area contributed by atoms with E-state index in [-0.39, 0.29) is 48.2 Å². The third kappa shape index (κ3) is 8.67. The summed E-state index contributed by atoms with van der Waals surface area (Å²) in [5.41, 5.74) is 2.26. The van der Waals surface area contributed by atoms with E-state index in [2.05, 4.69) is 30.0 Å². The Morgan fingerprint density at radius 1 is 0.855 bits per heavy atom. The molecule has 360 valence electrons. The minimum absolute atomic E-state index is 0.00482. The van der Waals surface area contributed by atoms with Crippen molar-refractivity contribution in [2.75, 3.05) is 80.5 Å². The average Bonchev–Trinajstić information content (AvgIpc) is 4.06. The van der Waals surface area contributed by atoms with Crippen LogP contribution in [0.4, 0.5) is 30.2 Å². The number of methoxy groups -OCH3 is 1. The van der Waals surface area contributed by atoms with Crippen molar-refractivity contribution in [3.05, 3.63) is 101 Å². The van der Waals surface area contributed by atoms with Crippen molar-refractivity contribution < 1.29 is 50.3 Å². The molecule has 0 saturated carbocycles. The molecule has 2 atom stereocenters. The maximum atomic E-state index is 15.8. The van der Waals surface area contributed by atoms with Gasteiger partial charge in [0.25, 0.3) is 11.8 Å². The second-order valence-corrected chi connectivity index (χ2v) is 19.7. The number of piperidine rings is 2. The van der Waals surface area contributed by atoms with E-state index in [1.165, 1.54) is 13.3 Å². The highest BCUT2D eigenvalue weighted by Crippen LogP contribution is 2.39. The molecule has 5 aromatic rings. The first kappa shape index (κ1) is 45.9. The second-order valence-electron chi connectivity index (χ2n) is 18.1. The normalized spacial score (nSPS) is 20.8. The zero-order chi connectivity index (χ0) is 48.3. The van der Waals surface area contributed by atoms with Gasteiger partial charge in [0.05, 0.1) is 29.5 Å². The lowest BCUT2D eigenvalue weighted by atomic mass is 9.95. The molecule has 5 aliphatic heterocycles. The van der Waals surface area contributed by atoms with Gasteiger partial charge in [-0.25, -0.2) is 18.2 Å². The fourth-order valence-electron chi connectivity index (χ4n) is 10.1. The number of benzene rings is 3. The highest BCUT2D eigenvalue weighted by Gasteiger charge is 2.47. The van der Waals surface area contributed by atoms with Crippen LogP contribution >= 0.6 is 0 Å². The van der Waals surface area contributed by atoms with Crippen molar-refractivity contribution in [1.82, 2.24) is 29.4 Å². The summed E-state index contributed by atoms with van der Waals surface area (Å²) in [6, 6.07) is 13.7. The Morgan fingerprint density at radius 2 is 1.59 bits per heavy atom. The van der Waals surface area contributed by atoms with Crippen LogP contribution in [0.3, 0.4) is 0 Å². The summed E-state index contributed by atoms with van der Waals surface area (Å²) >= 11 is 0.